The SMILES string of the molecule is C=Cc1ccc(CCC2=CC=CCC2)cc1. The maximum Gasteiger partial charge on any atom is -0.0241 e. The van der Waals surface area contributed by atoms with Crippen LogP contribution in [0.5, 0.6) is 0 Å². The topological polar surface area (TPSA) is 0 Å². The van der Waals surface area contributed by atoms with Crippen molar-refractivity contribution in [3.63, 3.8) is 0 Å². The van der Waals surface area contributed by atoms with Gasteiger partial charge in [-0.25, -0.2) is 0 Å². The summed E-state index contributed by atoms with van der Waals surface area (Å²) >= 11 is 0. The lowest BCUT2D eigenvalue weighted by atomic mass is 9.97. The Morgan fingerprint density at radius 1 is 1.12 bits per heavy atom. The van der Waals surface area contributed by atoms with Gasteiger partial charge >= 0.3 is 0 Å². The summed E-state index contributed by atoms with van der Waals surface area (Å²) in [5.74, 6) is 0. The molecule has 0 spiro atoms. The third-order valence-electron chi connectivity index (χ3n) is 3.05. The fourth-order valence-corrected chi connectivity index (χ4v) is 1.99. The van der Waals surface area contributed by atoms with E-state index in [0.29, 0.717) is 0 Å². The second-order valence-corrected chi connectivity index (χ2v) is 4.24. The van der Waals surface area contributed by atoms with Gasteiger partial charge in [0.25, 0.3) is 0 Å². The maximum absolute atomic E-state index is 3.76. The fourth-order valence-electron chi connectivity index (χ4n) is 1.99. The van der Waals surface area contributed by atoms with Crippen LogP contribution in [-0.4, -0.2) is 0 Å². The van der Waals surface area contributed by atoms with Crippen LogP contribution in [0.3, 0.4) is 0 Å². The molecule has 82 valence electrons. The molecular formula is C16H18. The molecular weight excluding hydrogens is 192 g/mol. The number of rotatable bonds is 4. The van der Waals surface area contributed by atoms with Crippen molar-refractivity contribution in [1.29, 1.82) is 0 Å². The monoisotopic (exact) mass is 210 g/mol. The summed E-state index contributed by atoms with van der Waals surface area (Å²) in [6, 6.07) is 8.68. The summed E-state index contributed by atoms with van der Waals surface area (Å²) in [7, 11) is 0. The molecule has 0 nitrogen and oxygen atoms in total. The van der Waals surface area contributed by atoms with Crippen LogP contribution in [0.1, 0.15) is 30.4 Å². The predicted octanol–water partition coefficient (Wildman–Crippen LogP) is 4.54. The molecule has 0 heteroatoms. The van der Waals surface area contributed by atoms with E-state index in [2.05, 4.69) is 49.1 Å². The van der Waals surface area contributed by atoms with Gasteiger partial charge < -0.3 is 0 Å². The second-order valence-electron chi connectivity index (χ2n) is 4.24. The minimum absolute atomic E-state index is 1.15. The zero-order valence-electron chi connectivity index (χ0n) is 9.65. The molecule has 0 fully saturated rings. The largest absolute Gasteiger partial charge is 0.0985 e. The molecule has 1 aliphatic carbocycles. The van der Waals surface area contributed by atoms with Gasteiger partial charge in [-0.15, -0.1) is 0 Å². The molecule has 0 bridgehead atoms. The molecule has 0 amide bonds. The molecule has 0 heterocycles. The van der Waals surface area contributed by atoms with E-state index in [9.17, 15) is 0 Å². The Bertz CT molecular complexity index is 404. The third kappa shape index (κ3) is 2.96. The average Bonchev–Trinajstić information content (AvgIpc) is 2.38. The predicted molar refractivity (Wildman–Crippen MR) is 71.3 cm³/mol. The molecule has 0 aromatic heterocycles. The van der Waals surface area contributed by atoms with Gasteiger partial charge in [0.15, 0.2) is 0 Å². The van der Waals surface area contributed by atoms with Crippen LogP contribution in [0.15, 0.2) is 54.6 Å². The number of hydrogen-bond acceptors (Lipinski definition) is 0. The summed E-state index contributed by atoms with van der Waals surface area (Å²) in [6.45, 7) is 3.76. The van der Waals surface area contributed by atoms with Crippen LogP contribution >= 0.6 is 0 Å². The van der Waals surface area contributed by atoms with Crippen LogP contribution in [0.2, 0.25) is 0 Å². The number of benzene rings is 1. The van der Waals surface area contributed by atoms with Crippen molar-refractivity contribution in [2.75, 3.05) is 0 Å². The summed E-state index contributed by atoms with van der Waals surface area (Å²) < 4.78 is 0. The van der Waals surface area contributed by atoms with Gasteiger partial charge in [-0.1, -0.05) is 60.7 Å². The Morgan fingerprint density at radius 3 is 2.56 bits per heavy atom. The minimum Gasteiger partial charge on any atom is -0.0985 e. The molecule has 0 unspecified atom stereocenters. The standard InChI is InChI=1S/C16H18/c1-2-14-8-10-16(11-9-14)13-12-15-6-4-3-5-7-15/h2-4,6,8-11H,1,5,7,12-13H2. The van der Waals surface area contributed by atoms with E-state index in [1.165, 1.54) is 30.4 Å². The quantitative estimate of drug-likeness (QED) is 0.684. The molecule has 0 saturated carbocycles. The fraction of sp³-hybridized carbons (Fsp3) is 0.250. The molecule has 0 atom stereocenters. The van der Waals surface area contributed by atoms with Gasteiger partial charge in [0.2, 0.25) is 0 Å². The minimum atomic E-state index is 1.15. The first kappa shape index (κ1) is 10.9. The highest BCUT2D eigenvalue weighted by Crippen LogP contribution is 2.18. The van der Waals surface area contributed by atoms with Gasteiger partial charge in [0, 0.05) is 0 Å². The van der Waals surface area contributed by atoms with Crippen LogP contribution in [-0.2, 0) is 6.42 Å². The molecule has 0 N–H and O–H groups in total. The molecule has 0 aliphatic heterocycles. The van der Waals surface area contributed by atoms with Crippen molar-refractivity contribution >= 4 is 6.08 Å². The first-order valence-corrected chi connectivity index (χ1v) is 5.94. The number of aryl methyl sites for hydroxylation is 1. The summed E-state index contributed by atoms with van der Waals surface area (Å²) in [5.41, 5.74) is 4.19. The number of hydrogen-bond donors (Lipinski definition) is 0. The Hall–Kier alpha value is -1.56. The van der Waals surface area contributed by atoms with Gasteiger partial charge in [0.05, 0.1) is 0 Å². The van der Waals surface area contributed by atoms with E-state index in [-0.39, 0.29) is 0 Å². The Labute approximate surface area is 98.0 Å². The lowest BCUT2D eigenvalue weighted by Gasteiger charge is -2.08. The van der Waals surface area contributed by atoms with Gasteiger partial charge in [-0.2, -0.15) is 0 Å². The van der Waals surface area contributed by atoms with E-state index in [4.69, 9.17) is 0 Å². The van der Waals surface area contributed by atoms with Crippen molar-refractivity contribution in [2.24, 2.45) is 0 Å². The molecule has 0 saturated heterocycles. The molecule has 1 aromatic carbocycles. The zero-order chi connectivity index (χ0) is 11.2. The van der Waals surface area contributed by atoms with Gasteiger partial charge in [-0.05, 0) is 36.8 Å². The molecule has 1 aliphatic rings. The van der Waals surface area contributed by atoms with Crippen molar-refractivity contribution < 1.29 is 0 Å². The Balaban J connectivity index is 1.91. The van der Waals surface area contributed by atoms with E-state index >= 15 is 0 Å². The lowest BCUT2D eigenvalue weighted by Crippen LogP contribution is -1.91. The zero-order valence-corrected chi connectivity index (χ0v) is 9.65. The molecule has 0 radical (unpaired) electrons. The first-order chi connectivity index (χ1) is 7.88. The van der Waals surface area contributed by atoms with Crippen LogP contribution in [0, 0.1) is 0 Å². The second kappa shape index (κ2) is 5.50. The third-order valence-corrected chi connectivity index (χ3v) is 3.05. The Morgan fingerprint density at radius 2 is 1.94 bits per heavy atom. The van der Waals surface area contributed by atoms with E-state index in [1.54, 1.807) is 5.57 Å². The van der Waals surface area contributed by atoms with Gasteiger partial charge in [-0.3, -0.25) is 0 Å². The summed E-state index contributed by atoms with van der Waals surface area (Å²) in [4.78, 5) is 0. The van der Waals surface area contributed by atoms with Crippen molar-refractivity contribution in [3.8, 4) is 0 Å². The van der Waals surface area contributed by atoms with Gasteiger partial charge in [0.1, 0.15) is 0 Å². The van der Waals surface area contributed by atoms with Crippen LogP contribution < -0.4 is 0 Å². The lowest BCUT2D eigenvalue weighted by molar-refractivity contribution is 0.839. The highest BCUT2D eigenvalue weighted by Gasteiger charge is 2.00. The highest BCUT2D eigenvalue weighted by atomic mass is 14.1. The smallest absolute Gasteiger partial charge is 0.0241 e. The van der Waals surface area contributed by atoms with Crippen LogP contribution in [0.4, 0.5) is 0 Å². The van der Waals surface area contributed by atoms with Crippen molar-refractivity contribution in [2.45, 2.75) is 25.7 Å². The van der Waals surface area contributed by atoms with Crippen molar-refractivity contribution in [1.82, 2.24) is 0 Å². The van der Waals surface area contributed by atoms with E-state index in [1.807, 2.05) is 6.08 Å². The van der Waals surface area contributed by atoms with Crippen molar-refractivity contribution in [3.05, 3.63) is 65.8 Å². The maximum atomic E-state index is 3.76. The Kier molecular flexibility index (Phi) is 3.76. The molecule has 2 rings (SSSR count). The highest BCUT2D eigenvalue weighted by molar-refractivity contribution is 5.47. The molecule has 16 heavy (non-hydrogen) atoms. The summed E-state index contributed by atoms with van der Waals surface area (Å²) in [5, 5.41) is 0. The molecule has 1 aromatic rings. The normalized spacial score (nSPS) is 14.6. The first-order valence-electron chi connectivity index (χ1n) is 5.94. The van der Waals surface area contributed by atoms with E-state index in [0.717, 1.165) is 6.42 Å². The number of allylic oxidation sites excluding steroid dienone is 4. The summed E-state index contributed by atoms with van der Waals surface area (Å²) in [6.07, 6.45) is 13.4. The van der Waals surface area contributed by atoms with E-state index < -0.39 is 0 Å². The average molecular weight is 210 g/mol. The van der Waals surface area contributed by atoms with Crippen LogP contribution in [0.25, 0.3) is 6.08 Å².